The SMILES string of the molecule is [CH2]C(C)(N)[O]. The van der Waals surface area contributed by atoms with Gasteiger partial charge in [0.05, 0.1) is 0 Å². The second kappa shape index (κ2) is 0.954. The van der Waals surface area contributed by atoms with Gasteiger partial charge in [0.15, 0.2) is 0 Å². The molecule has 2 radical (unpaired) electrons. The molecule has 30 valence electrons. The molecule has 0 aliphatic heterocycles. The topological polar surface area (TPSA) is 45.9 Å². The molecule has 1 atom stereocenters. The molecule has 0 fully saturated rings. The van der Waals surface area contributed by atoms with Crippen LogP contribution in [0.2, 0.25) is 0 Å². The van der Waals surface area contributed by atoms with E-state index in [0.717, 1.165) is 0 Å². The van der Waals surface area contributed by atoms with Crippen molar-refractivity contribution < 1.29 is 5.11 Å². The van der Waals surface area contributed by atoms with Gasteiger partial charge in [-0.25, -0.2) is 5.11 Å². The Balaban J connectivity index is 3.02. The Labute approximate surface area is 31.6 Å². The third-order valence-corrected chi connectivity index (χ3v) is 0. The fourth-order valence-electron chi connectivity index (χ4n) is 0. The zero-order valence-electron chi connectivity index (χ0n) is 3.19. The predicted octanol–water partition coefficient (Wildman–Crippen LogP) is -0.0741. The van der Waals surface area contributed by atoms with Gasteiger partial charge in [-0.05, 0) is 13.8 Å². The average Bonchev–Trinajstić information content (AvgIpc) is 0.722. The Morgan fingerprint density at radius 1 is 2.00 bits per heavy atom. The highest BCUT2D eigenvalue weighted by Gasteiger charge is 2.02. The fourth-order valence-corrected chi connectivity index (χ4v) is 0. The second-order valence-electron chi connectivity index (χ2n) is 1.31. The maximum atomic E-state index is 9.77. The summed E-state index contributed by atoms with van der Waals surface area (Å²) in [7, 11) is 0. The number of nitrogens with two attached hydrogens (primary N) is 1. The normalized spacial score (nSPS) is 12.0. The standard InChI is InChI=1S/C3H7NO/c1-3(2,4)5/h1,4H2,2H3. The highest BCUT2D eigenvalue weighted by molar-refractivity contribution is 4.62. The van der Waals surface area contributed by atoms with Crippen LogP contribution in [0.25, 0.3) is 0 Å². The van der Waals surface area contributed by atoms with Crippen LogP contribution in [0.5, 0.6) is 0 Å². The van der Waals surface area contributed by atoms with Crippen LogP contribution in [0, 0.1) is 6.92 Å². The molecule has 2 heteroatoms. The Bertz CT molecular complexity index is 22.4. The zero-order valence-corrected chi connectivity index (χ0v) is 3.19. The van der Waals surface area contributed by atoms with E-state index in [4.69, 9.17) is 0 Å². The summed E-state index contributed by atoms with van der Waals surface area (Å²) in [6, 6.07) is 0. The van der Waals surface area contributed by atoms with Gasteiger partial charge in [0.2, 0.25) is 0 Å². The Morgan fingerprint density at radius 3 is 2.00 bits per heavy atom. The van der Waals surface area contributed by atoms with Crippen LogP contribution in [0.1, 0.15) is 6.92 Å². The third kappa shape index (κ3) is 2260. The predicted molar refractivity (Wildman–Crippen MR) is 18.6 cm³/mol. The molecule has 0 aliphatic rings. The minimum atomic E-state index is -1.50. The molecule has 1 unspecified atom stereocenters. The summed E-state index contributed by atoms with van der Waals surface area (Å²) >= 11 is 0. The summed E-state index contributed by atoms with van der Waals surface area (Å²) in [6.07, 6.45) is 0. The van der Waals surface area contributed by atoms with Gasteiger partial charge in [0.1, 0.15) is 5.72 Å². The Morgan fingerprint density at radius 2 is 2.00 bits per heavy atom. The van der Waals surface area contributed by atoms with E-state index in [0.29, 0.717) is 0 Å². The molecule has 0 rings (SSSR count). The molecule has 0 aromatic rings. The summed E-state index contributed by atoms with van der Waals surface area (Å²) in [4.78, 5) is 0. The first-order chi connectivity index (χ1) is 2.00. The third-order valence-electron chi connectivity index (χ3n) is 0. The van der Waals surface area contributed by atoms with Crippen molar-refractivity contribution in [3.63, 3.8) is 0 Å². The number of hydrogen-bond donors (Lipinski definition) is 1. The zero-order chi connectivity index (χ0) is 4.50. The first-order valence-corrected chi connectivity index (χ1v) is 1.35. The number of hydrogen-bond acceptors (Lipinski definition) is 1. The molecular weight excluding hydrogens is 66.0 g/mol. The minimum Gasteiger partial charge on any atom is -0.301 e. The molecular formula is C3H7NO. The van der Waals surface area contributed by atoms with E-state index >= 15 is 0 Å². The van der Waals surface area contributed by atoms with Crippen LogP contribution in [0.3, 0.4) is 0 Å². The van der Waals surface area contributed by atoms with Crippen LogP contribution in [-0.2, 0) is 5.11 Å². The van der Waals surface area contributed by atoms with Gasteiger partial charge in [0.25, 0.3) is 0 Å². The van der Waals surface area contributed by atoms with E-state index in [1.807, 2.05) is 0 Å². The molecule has 0 amide bonds. The summed E-state index contributed by atoms with van der Waals surface area (Å²) in [5.74, 6) is 0. The smallest absolute Gasteiger partial charge is 0.149 e. The lowest BCUT2D eigenvalue weighted by atomic mass is 10.4. The minimum absolute atomic E-state index is 1.30. The van der Waals surface area contributed by atoms with E-state index in [1.54, 1.807) is 0 Å². The van der Waals surface area contributed by atoms with E-state index in [9.17, 15) is 5.11 Å². The van der Waals surface area contributed by atoms with E-state index in [1.165, 1.54) is 6.92 Å². The summed E-state index contributed by atoms with van der Waals surface area (Å²) in [6.45, 7) is 4.29. The molecule has 0 aromatic heterocycles. The van der Waals surface area contributed by atoms with Crippen molar-refractivity contribution in [1.82, 2.24) is 0 Å². The van der Waals surface area contributed by atoms with Crippen LogP contribution in [0.15, 0.2) is 0 Å². The van der Waals surface area contributed by atoms with Crippen molar-refractivity contribution in [1.29, 1.82) is 0 Å². The van der Waals surface area contributed by atoms with Crippen LogP contribution in [0.4, 0.5) is 0 Å². The largest absolute Gasteiger partial charge is 0.301 e. The lowest BCUT2D eigenvalue weighted by molar-refractivity contribution is 0.0349. The van der Waals surface area contributed by atoms with Crippen LogP contribution in [-0.4, -0.2) is 5.72 Å². The van der Waals surface area contributed by atoms with E-state index in [2.05, 4.69) is 12.7 Å². The highest BCUT2D eigenvalue weighted by atomic mass is 16.3. The monoisotopic (exact) mass is 73.1 g/mol. The van der Waals surface area contributed by atoms with E-state index < -0.39 is 5.72 Å². The molecule has 0 saturated heterocycles. The molecule has 5 heavy (non-hydrogen) atoms. The van der Waals surface area contributed by atoms with Gasteiger partial charge >= 0.3 is 0 Å². The van der Waals surface area contributed by atoms with Crippen molar-refractivity contribution in [3.8, 4) is 0 Å². The molecule has 0 aliphatic carbocycles. The van der Waals surface area contributed by atoms with Gasteiger partial charge in [0, 0.05) is 0 Å². The summed E-state index contributed by atoms with van der Waals surface area (Å²) in [5.41, 5.74) is 3.19. The second-order valence-corrected chi connectivity index (χ2v) is 1.31. The van der Waals surface area contributed by atoms with Crippen molar-refractivity contribution in [2.24, 2.45) is 5.73 Å². The lowest BCUT2D eigenvalue weighted by Crippen LogP contribution is -2.29. The van der Waals surface area contributed by atoms with Crippen LogP contribution < -0.4 is 5.73 Å². The molecule has 2 nitrogen and oxygen atoms in total. The van der Waals surface area contributed by atoms with Gasteiger partial charge < -0.3 is 5.73 Å². The van der Waals surface area contributed by atoms with E-state index in [-0.39, 0.29) is 0 Å². The summed E-state index contributed by atoms with van der Waals surface area (Å²) in [5, 5.41) is 9.77. The number of rotatable bonds is 0. The van der Waals surface area contributed by atoms with Gasteiger partial charge in [-0.1, -0.05) is 0 Å². The quantitative estimate of drug-likeness (QED) is 0.401. The summed E-state index contributed by atoms with van der Waals surface area (Å²) < 4.78 is 0. The first kappa shape index (κ1) is 4.92. The fraction of sp³-hybridized carbons (Fsp3) is 0.667. The van der Waals surface area contributed by atoms with Gasteiger partial charge in [-0.2, -0.15) is 0 Å². The van der Waals surface area contributed by atoms with Gasteiger partial charge in [-0.15, -0.1) is 0 Å². The Hall–Kier alpha value is -0.0800. The molecule has 0 saturated carbocycles. The van der Waals surface area contributed by atoms with Crippen molar-refractivity contribution in [3.05, 3.63) is 6.92 Å². The first-order valence-electron chi connectivity index (χ1n) is 1.35. The maximum Gasteiger partial charge on any atom is 0.149 e. The molecule has 0 bridgehead atoms. The highest BCUT2D eigenvalue weighted by Crippen LogP contribution is 1.83. The molecule has 0 heterocycles. The van der Waals surface area contributed by atoms with Crippen molar-refractivity contribution >= 4 is 0 Å². The molecule has 0 spiro atoms. The Kier molecular flexibility index (Phi) is 0.938. The maximum absolute atomic E-state index is 9.77. The van der Waals surface area contributed by atoms with Crippen molar-refractivity contribution in [2.45, 2.75) is 12.6 Å². The lowest BCUT2D eigenvalue weighted by Gasteiger charge is -2.00. The molecule has 0 aromatic carbocycles. The average molecular weight is 73.1 g/mol. The van der Waals surface area contributed by atoms with Gasteiger partial charge in [-0.3, -0.25) is 0 Å². The van der Waals surface area contributed by atoms with Crippen molar-refractivity contribution in [2.75, 3.05) is 0 Å². The molecule has 2 N–H and O–H groups in total. The van der Waals surface area contributed by atoms with Crippen LogP contribution >= 0.6 is 0 Å².